The molecule has 0 spiro atoms. The van der Waals surface area contributed by atoms with Crippen LogP contribution in [-0.4, -0.2) is 25.5 Å². The summed E-state index contributed by atoms with van der Waals surface area (Å²) in [5.74, 6) is 2.07. The summed E-state index contributed by atoms with van der Waals surface area (Å²) in [6, 6.07) is 0. The fraction of sp³-hybridized carbons (Fsp3) is 0.941. The van der Waals surface area contributed by atoms with Crippen molar-refractivity contribution in [2.24, 2.45) is 17.3 Å². The van der Waals surface area contributed by atoms with Crippen LogP contribution in [0.25, 0.3) is 0 Å². The number of carbonyl (C=O) groups is 1. The van der Waals surface area contributed by atoms with Crippen molar-refractivity contribution in [1.29, 1.82) is 0 Å². The van der Waals surface area contributed by atoms with Gasteiger partial charge in [0.05, 0.1) is 5.41 Å². The third-order valence-corrected chi connectivity index (χ3v) is 5.69. The molecule has 1 amide bonds. The molecule has 0 aromatic rings. The maximum absolute atomic E-state index is 12.5. The number of hydrogen-bond acceptors (Lipinski definition) is 2. The van der Waals surface area contributed by atoms with Crippen molar-refractivity contribution in [2.45, 2.75) is 65.2 Å². The molecular formula is C17H32N2O. The molecule has 1 saturated carbocycles. The zero-order valence-corrected chi connectivity index (χ0v) is 13.3. The van der Waals surface area contributed by atoms with Gasteiger partial charge in [-0.2, -0.15) is 0 Å². The maximum Gasteiger partial charge on any atom is 0.226 e. The van der Waals surface area contributed by atoms with Gasteiger partial charge in [-0.15, -0.1) is 0 Å². The second-order valence-electron chi connectivity index (χ2n) is 7.05. The Morgan fingerprint density at radius 2 is 1.85 bits per heavy atom. The molecule has 116 valence electrons. The minimum Gasteiger partial charge on any atom is -0.356 e. The monoisotopic (exact) mass is 280 g/mol. The van der Waals surface area contributed by atoms with Crippen LogP contribution in [0.2, 0.25) is 0 Å². The molecule has 1 saturated heterocycles. The molecule has 0 aromatic carbocycles. The van der Waals surface area contributed by atoms with E-state index >= 15 is 0 Å². The van der Waals surface area contributed by atoms with Gasteiger partial charge < -0.3 is 10.6 Å². The Morgan fingerprint density at radius 1 is 1.20 bits per heavy atom. The van der Waals surface area contributed by atoms with Gasteiger partial charge in [-0.25, -0.2) is 0 Å². The molecule has 2 rings (SSSR count). The molecule has 0 atom stereocenters. The molecule has 1 aliphatic heterocycles. The summed E-state index contributed by atoms with van der Waals surface area (Å²) in [6.07, 6.45) is 9.62. The molecule has 0 unspecified atom stereocenters. The van der Waals surface area contributed by atoms with Gasteiger partial charge in [-0.1, -0.05) is 39.5 Å². The van der Waals surface area contributed by atoms with E-state index < -0.39 is 0 Å². The molecule has 2 aliphatic rings. The van der Waals surface area contributed by atoms with Gasteiger partial charge in [0.1, 0.15) is 0 Å². The lowest BCUT2D eigenvalue weighted by Gasteiger charge is -2.35. The van der Waals surface area contributed by atoms with Crippen molar-refractivity contribution in [3.63, 3.8) is 0 Å². The normalized spacial score (nSPS) is 29.9. The number of nitrogens with one attached hydrogen (secondary N) is 2. The van der Waals surface area contributed by atoms with Crippen LogP contribution < -0.4 is 10.6 Å². The van der Waals surface area contributed by atoms with Crippen LogP contribution in [0.5, 0.6) is 0 Å². The summed E-state index contributed by atoms with van der Waals surface area (Å²) in [6.45, 7) is 7.38. The maximum atomic E-state index is 12.5. The highest BCUT2D eigenvalue weighted by Crippen LogP contribution is 2.33. The summed E-state index contributed by atoms with van der Waals surface area (Å²) >= 11 is 0. The van der Waals surface area contributed by atoms with E-state index in [1.807, 2.05) is 0 Å². The Balaban J connectivity index is 1.71. The average Bonchev–Trinajstić information content (AvgIpc) is 2.50. The van der Waals surface area contributed by atoms with Crippen LogP contribution in [0.1, 0.15) is 65.2 Å². The standard InChI is InChI=1S/C17H32N2O/c1-3-17(9-12-18-13-10-17)16(20)19-11-8-15-6-4-14(2)5-7-15/h14-15,18H,3-13H2,1-2H3,(H,19,20). The van der Waals surface area contributed by atoms with Crippen LogP contribution in [0.15, 0.2) is 0 Å². The Labute approximate surface area is 124 Å². The van der Waals surface area contributed by atoms with E-state index in [9.17, 15) is 4.79 Å². The minimum atomic E-state index is -0.0909. The van der Waals surface area contributed by atoms with Gasteiger partial charge >= 0.3 is 0 Å². The summed E-state index contributed by atoms with van der Waals surface area (Å²) in [7, 11) is 0. The van der Waals surface area contributed by atoms with Crippen molar-refractivity contribution in [2.75, 3.05) is 19.6 Å². The van der Waals surface area contributed by atoms with Crippen LogP contribution >= 0.6 is 0 Å². The molecule has 20 heavy (non-hydrogen) atoms. The summed E-state index contributed by atoms with van der Waals surface area (Å²) in [4.78, 5) is 12.5. The molecule has 1 aliphatic carbocycles. The molecule has 0 bridgehead atoms. The second kappa shape index (κ2) is 7.44. The van der Waals surface area contributed by atoms with Gasteiger partial charge in [0, 0.05) is 6.54 Å². The van der Waals surface area contributed by atoms with Crippen LogP contribution in [-0.2, 0) is 4.79 Å². The molecule has 2 fully saturated rings. The molecule has 1 heterocycles. The van der Waals surface area contributed by atoms with E-state index in [0.717, 1.165) is 50.7 Å². The largest absolute Gasteiger partial charge is 0.356 e. The lowest BCUT2D eigenvalue weighted by molar-refractivity contribution is -0.132. The summed E-state index contributed by atoms with van der Waals surface area (Å²) < 4.78 is 0. The van der Waals surface area contributed by atoms with Gasteiger partial charge in [-0.05, 0) is 50.6 Å². The molecule has 0 aromatic heterocycles. The fourth-order valence-corrected chi connectivity index (χ4v) is 3.84. The first-order valence-electron chi connectivity index (χ1n) is 8.65. The Bertz CT molecular complexity index is 302. The van der Waals surface area contributed by atoms with Crippen LogP contribution in [0, 0.1) is 17.3 Å². The first kappa shape index (κ1) is 15.8. The highest BCUT2D eigenvalue weighted by atomic mass is 16.2. The number of rotatable bonds is 5. The van der Waals surface area contributed by atoms with Crippen molar-refractivity contribution in [3.8, 4) is 0 Å². The van der Waals surface area contributed by atoms with Gasteiger partial charge in [-0.3, -0.25) is 4.79 Å². The van der Waals surface area contributed by atoms with E-state index in [2.05, 4.69) is 24.5 Å². The first-order chi connectivity index (χ1) is 9.66. The van der Waals surface area contributed by atoms with E-state index in [4.69, 9.17) is 0 Å². The minimum absolute atomic E-state index is 0.0909. The van der Waals surface area contributed by atoms with E-state index in [-0.39, 0.29) is 5.41 Å². The molecular weight excluding hydrogens is 248 g/mol. The number of carbonyl (C=O) groups excluding carboxylic acids is 1. The zero-order chi connectivity index (χ0) is 14.4. The first-order valence-corrected chi connectivity index (χ1v) is 8.65. The number of hydrogen-bond donors (Lipinski definition) is 2. The lowest BCUT2D eigenvalue weighted by atomic mass is 9.75. The SMILES string of the molecule is CCC1(C(=O)NCCC2CCC(C)CC2)CCNCC1. The van der Waals surface area contributed by atoms with E-state index in [0.29, 0.717) is 5.91 Å². The van der Waals surface area contributed by atoms with Crippen molar-refractivity contribution in [3.05, 3.63) is 0 Å². The average molecular weight is 280 g/mol. The smallest absolute Gasteiger partial charge is 0.226 e. The third kappa shape index (κ3) is 3.97. The predicted octanol–water partition coefficient (Wildman–Crippen LogP) is 3.10. The van der Waals surface area contributed by atoms with Gasteiger partial charge in [0.15, 0.2) is 0 Å². The zero-order valence-electron chi connectivity index (χ0n) is 13.3. The van der Waals surface area contributed by atoms with E-state index in [1.54, 1.807) is 0 Å². The van der Waals surface area contributed by atoms with Crippen LogP contribution in [0.4, 0.5) is 0 Å². The number of piperidine rings is 1. The quantitative estimate of drug-likeness (QED) is 0.812. The van der Waals surface area contributed by atoms with Crippen molar-refractivity contribution < 1.29 is 4.79 Å². The topological polar surface area (TPSA) is 41.1 Å². The van der Waals surface area contributed by atoms with Gasteiger partial charge in [0.2, 0.25) is 5.91 Å². The Hall–Kier alpha value is -0.570. The second-order valence-corrected chi connectivity index (χ2v) is 7.05. The lowest BCUT2D eigenvalue weighted by Crippen LogP contribution is -2.47. The Kier molecular flexibility index (Phi) is 5.88. The summed E-state index contributed by atoms with van der Waals surface area (Å²) in [5.41, 5.74) is -0.0909. The highest BCUT2D eigenvalue weighted by Gasteiger charge is 2.37. The third-order valence-electron chi connectivity index (χ3n) is 5.69. The molecule has 3 nitrogen and oxygen atoms in total. The van der Waals surface area contributed by atoms with Crippen LogP contribution in [0.3, 0.4) is 0 Å². The van der Waals surface area contributed by atoms with Crippen molar-refractivity contribution >= 4 is 5.91 Å². The Morgan fingerprint density at radius 3 is 2.45 bits per heavy atom. The van der Waals surface area contributed by atoms with E-state index in [1.165, 1.54) is 32.1 Å². The highest BCUT2D eigenvalue weighted by molar-refractivity contribution is 5.82. The molecule has 3 heteroatoms. The fourth-order valence-electron chi connectivity index (χ4n) is 3.84. The van der Waals surface area contributed by atoms with Gasteiger partial charge in [0.25, 0.3) is 0 Å². The molecule has 2 N–H and O–H groups in total. The summed E-state index contributed by atoms with van der Waals surface area (Å²) in [5, 5.41) is 6.60. The predicted molar refractivity (Wildman–Crippen MR) is 83.6 cm³/mol. The van der Waals surface area contributed by atoms with Crippen molar-refractivity contribution in [1.82, 2.24) is 10.6 Å². The number of amides is 1. The molecule has 0 radical (unpaired) electrons.